The first kappa shape index (κ1) is 16.4. The lowest BCUT2D eigenvalue weighted by atomic mass is 10.3. The van der Waals surface area contributed by atoms with E-state index in [1.54, 1.807) is 6.20 Å². The van der Waals surface area contributed by atoms with Crippen molar-refractivity contribution in [1.82, 2.24) is 15.6 Å². The molecule has 0 fully saturated rings. The molecule has 0 radical (unpaired) electrons. The number of rotatable bonds is 4. The third kappa shape index (κ3) is 6.68. The van der Waals surface area contributed by atoms with Gasteiger partial charge in [0.15, 0.2) is 5.96 Å². The predicted octanol–water partition coefficient (Wildman–Crippen LogP) is 2.43. The molecule has 17 heavy (non-hydrogen) atoms. The van der Waals surface area contributed by atoms with Crippen molar-refractivity contribution >= 4 is 41.5 Å². The molecule has 0 aliphatic carbocycles. The van der Waals surface area contributed by atoms with Gasteiger partial charge in [0.2, 0.25) is 0 Å². The molecule has 0 amide bonds. The highest BCUT2D eigenvalue weighted by atomic mass is 127. The fourth-order valence-corrected chi connectivity index (χ4v) is 1.28. The minimum Gasteiger partial charge on any atom is -0.357 e. The van der Waals surface area contributed by atoms with Gasteiger partial charge in [-0.05, 0) is 26.0 Å². The number of aliphatic imine (C=N–C) groups is 1. The zero-order valence-corrected chi connectivity index (χ0v) is 13.1. The van der Waals surface area contributed by atoms with Crippen LogP contribution in [0.25, 0.3) is 0 Å². The van der Waals surface area contributed by atoms with E-state index in [1.165, 1.54) is 0 Å². The molecule has 1 heterocycles. The summed E-state index contributed by atoms with van der Waals surface area (Å²) in [6.45, 7) is 6.31. The highest BCUT2D eigenvalue weighted by molar-refractivity contribution is 14.0. The van der Waals surface area contributed by atoms with Gasteiger partial charge in [-0.15, -0.1) is 24.0 Å². The Morgan fingerprint density at radius 2 is 1.94 bits per heavy atom. The summed E-state index contributed by atoms with van der Waals surface area (Å²) in [7, 11) is 0. The molecule has 0 saturated carbocycles. The molecule has 1 aromatic rings. The van der Waals surface area contributed by atoms with Crippen LogP contribution in [0.3, 0.4) is 0 Å². The maximum atomic E-state index is 5.75. The second-order valence-corrected chi connectivity index (χ2v) is 3.63. The number of nitrogens with one attached hydrogen (secondary N) is 2. The molecule has 1 aromatic heterocycles. The smallest absolute Gasteiger partial charge is 0.191 e. The molecule has 0 unspecified atom stereocenters. The lowest BCUT2D eigenvalue weighted by molar-refractivity contribution is 0.834. The van der Waals surface area contributed by atoms with Gasteiger partial charge in [0, 0.05) is 19.3 Å². The first-order valence-corrected chi connectivity index (χ1v) is 5.76. The van der Waals surface area contributed by atoms with Gasteiger partial charge in [0.1, 0.15) is 0 Å². The van der Waals surface area contributed by atoms with Gasteiger partial charge in [-0.25, -0.2) is 4.99 Å². The van der Waals surface area contributed by atoms with E-state index in [9.17, 15) is 0 Å². The van der Waals surface area contributed by atoms with Gasteiger partial charge in [-0.2, -0.15) is 0 Å². The van der Waals surface area contributed by atoms with Gasteiger partial charge >= 0.3 is 0 Å². The van der Waals surface area contributed by atoms with Gasteiger partial charge < -0.3 is 10.6 Å². The number of hydrogen-bond acceptors (Lipinski definition) is 2. The van der Waals surface area contributed by atoms with E-state index in [4.69, 9.17) is 11.6 Å². The molecule has 0 spiro atoms. The van der Waals surface area contributed by atoms with Crippen LogP contribution in [-0.4, -0.2) is 24.0 Å². The van der Waals surface area contributed by atoms with Crippen molar-refractivity contribution in [3.8, 4) is 0 Å². The lowest BCUT2D eigenvalue weighted by Crippen LogP contribution is -2.37. The summed E-state index contributed by atoms with van der Waals surface area (Å²) in [6.07, 6.45) is 1.63. The molecule has 1 rings (SSSR count). The third-order valence-electron chi connectivity index (χ3n) is 1.88. The monoisotopic (exact) mass is 368 g/mol. The average molecular weight is 369 g/mol. The second-order valence-electron chi connectivity index (χ2n) is 3.19. The number of aromatic nitrogens is 1. The summed E-state index contributed by atoms with van der Waals surface area (Å²) < 4.78 is 0. The van der Waals surface area contributed by atoms with Crippen LogP contribution in [-0.2, 0) is 6.54 Å². The Hall–Kier alpha value is -0.560. The molecule has 0 aliphatic heterocycles. The fourth-order valence-electron chi connectivity index (χ4n) is 1.17. The number of nitrogens with zero attached hydrogens (tertiary/aromatic N) is 2. The fraction of sp³-hybridized carbons (Fsp3) is 0.455. The minimum atomic E-state index is 0. The summed E-state index contributed by atoms with van der Waals surface area (Å²) in [5.41, 5.74) is 0.901. The zero-order valence-electron chi connectivity index (χ0n) is 10.0. The van der Waals surface area contributed by atoms with Crippen LogP contribution in [0.4, 0.5) is 0 Å². The van der Waals surface area contributed by atoms with E-state index in [-0.39, 0.29) is 24.0 Å². The van der Waals surface area contributed by atoms with Crippen molar-refractivity contribution in [2.45, 2.75) is 20.4 Å². The van der Waals surface area contributed by atoms with Gasteiger partial charge in [0.25, 0.3) is 0 Å². The van der Waals surface area contributed by atoms with Crippen molar-refractivity contribution < 1.29 is 0 Å². The first-order chi connectivity index (χ1) is 7.76. The maximum Gasteiger partial charge on any atom is 0.191 e. The van der Waals surface area contributed by atoms with Crippen molar-refractivity contribution in [1.29, 1.82) is 0 Å². The van der Waals surface area contributed by atoms with Crippen LogP contribution >= 0.6 is 35.6 Å². The minimum absolute atomic E-state index is 0. The van der Waals surface area contributed by atoms with Gasteiger partial charge in [-0.3, -0.25) is 4.98 Å². The quantitative estimate of drug-likeness (QED) is 0.487. The molecule has 2 N–H and O–H groups in total. The number of halogens is 2. The Bertz CT molecular complexity index is 332. The summed E-state index contributed by atoms with van der Waals surface area (Å²) >= 11 is 5.75. The molecule has 0 bridgehead atoms. The lowest BCUT2D eigenvalue weighted by Gasteiger charge is -2.08. The summed E-state index contributed by atoms with van der Waals surface area (Å²) in [5, 5.41) is 6.95. The summed E-state index contributed by atoms with van der Waals surface area (Å²) in [4.78, 5) is 8.57. The number of guanidine groups is 1. The summed E-state index contributed by atoms with van der Waals surface area (Å²) in [6, 6.07) is 3.70. The molecule has 0 aliphatic rings. The Morgan fingerprint density at radius 1 is 1.29 bits per heavy atom. The van der Waals surface area contributed by atoms with E-state index < -0.39 is 0 Å². The van der Waals surface area contributed by atoms with E-state index >= 15 is 0 Å². The first-order valence-electron chi connectivity index (χ1n) is 5.38. The third-order valence-corrected chi connectivity index (χ3v) is 2.10. The number of pyridine rings is 1. The van der Waals surface area contributed by atoms with Crippen LogP contribution in [0.1, 0.15) is 19.5 Å². The van der Waals surface area contributed by atoms with Crippen LogP contribution in [0.15, 0.2) is 23.3 Å². The van der Waals surface area contributed by atoms with E-state index in [0.29, 0.717) is 11.6 Å². The molecular formula is C11H18ClIN4. The predicted molar refractivity (Wildman–Crippen MR) is 83.2 cm³/mol. The number of hydrogen-bond donors (Lipinski definition) is 2. The van der Waals surface area contributed by atoms with Crippen LogP contribution in [0.2, 0.25) is 5.02 Å². The largest absolute Gasteiger partial charge is 0.357 e. The normalized spacial score (nSPS) is 9.12. The van der Waals surface area contributed by atoms with Crippen molar-refractivity contribution in [2.24, 2.45) is 4.99 Å². The highest BCUT2D eigenvalue weighted by Crippen LogP contribution is 2.06. The standard InChI is InChI=1S/C11H17ClN4.HI/c1-3-13-11(14-4-2)16-8-10-6-5-9(12)7-15-10;/h5-7H,3-4,8H2,1-2H3,(H2,13,14,16);1H. The highest BCUT2D eigenvalue weighted by Gasteiger charge is 1.96. The van der Waals surface area contributed by atoms with E-state index in [2.05, 4.69) is 20.6 Å². The van der Waals surface area contributed by atoms with Crippen molar-refractivity contribution in [2.75, 3.05) is 13.1 Å². The molecule has 0 aromatic carbocycles. The Kier molecular flexibility index (Phi) is 9.16. The SMILES string of the molecule is CCNC(=NCc1ccc(Cl)cn1)NCC.I. The topological polar surface area (TPSA) is 49.3 Å². The molecule has 96 valence electrons. The van der Waals surface area contributed by atoms with Gasteiger partial charge in [-0.1, -0.05) is 11.6 Å². The Morgan fingerprint density at radius 3 is 2.41 bits per heavy atom. The van der Waals surface area contributed by atoms with Gasteiger partial charge in [0.05, 0.1) is 17.3 Å². The van der Waals surface area contributed by atoms with Crippen LogP contribution in [0.5, 0.6) is 0 Å². The Balaban J connectivity index is 0.00000256. The second kappa shape index (κ2) is 9.47. The van der Waals surface area contributed by atoms with E-state index in [1.807, 2.05) is 26.0 Å². The van der Waals surface area contributed by atoms with Crippen LogP contribution in [0, 0.1) is 0 Å². The van der Waals surface area contributed by atoms with Crippen molar-refractivity contribution in [3.63, 3.8) is 0 Å². The molecule has 6 heteroatoms. The van der Waals surface area contributed by atoms with Crippen LogP contribution < -0.4 is 10.6 Å². The maximum absolute atomic E-state index is 5.75. The average Bonchev–Trinajstić information content (AvgIpc) is 2.29. The molecule has 4 nitrogen and oxygen atoms in total. The molecule has 0 atom stereocenters. The van der Waals surface area contributed by atoms with Crippen molar-refractivity contribution in [3.05, 3.63) is 29.0 Å². The molecular weight excluding hydrogens is 351 g/mol. The Labute approximate surface area is 124 Å². The molecule has 0 saturated heterocycles. The zero-order chi connectivity index (χ0) is 11.8. The van der Waals surface area contributed by atoms with E-state index in [0.717, 1.165) is 24.7 Å². The summed E-state index contributed by atoms with van der Waals surface area (Å²) in [5.74, 6) is 0.807.